The van der Waals surface area contributed by atoms with E-state index in [4.69, 9.17) is 9.47 Å². The maximum absolute atomic E-state index is 12.0. The predicted molar refractivity (Wildman–Crippen MR) is 81.6 cm³/mol. The normalized spacial score (nSPS) is 11.1. The van der Waals surface area contributed by atoms with Crippen LogP contribution >= 0.6 is 0 Å². The summed E-state index contributed by atoms with van der Waals surface area (Å²) in [5, 5.41) is 2.92. The molecule has 0 aliphatic carbocycles. The third kappa shape index (κ3) is 4.15. The lowest BCUT2D eigenvalue weighted by molar-refractivity contribution is -0.123. The second-order valence-corrected chi connectivity index (χ2v) is 5.69. The van der Waals surface area contributed by atoms with E-state index < -0.39 is 5.41 Å². The fourth-order valence-electron chi connectivity index (χ4n) is 1.72. The van der Waals surface area contributed by atoms with Crippen molar-refractivity contribution in [3.8, 4) is 11.5 Å². The van der Waals surface area contributed by atoms with Gasteiger partial charge < -0.3 is 14.8 Å². The van der Waals surface area contributed by atoms with Gasteiger partial charge in [-0.2, -0.15) is 0 Å². The zero-order valence-electron chi connectivity index (χ0n) is 13.3. The number of ether oxygens (including phenoxy) is 2. The van der Waals surface area contributed by atoms with Crippen molar-refractivity contribution in [1.82, 2.24) is 0 Å². The van der Waals surface area contributed by atoms with E-state index in [9.17, 15) is 4.79 Å². The Kier molecular flexibility index (Phi) is 5.43. The van der Waals surface area contributed by atoms with Gasteiger partial charge in [0.25, 0.3) is 0 Å². The van der Waals surface area contributed by atoms with Crippen LogP contribution in [0.15, 0.2) is 12.1 Å². The number of hydrogen-bond acceptors (Lipinski definition) is 3. The molecule has 112 valence electrons. The second-order valence-electron chi connectivity index (χ2n) is 5.69. The average Bonchev–Trinajstić information content (AvgIpc) is 2.32. The van der Waals surface area contributed by atoms with Gasteiger partial charge >= 0.3 is 0 Å². The fraction of sp³-hybridized carbons (Fsp3) is 0.562. The highest BCUT2D eigenvalue weighted by Crippen LogP contribution is 2.35. The third-order valence-corrected chi connectivity index (χ3v) is 2.77. The number of anilines is 1. The van der Waals surface area contributed by atoms with Crippen molar-refractivity contribution < 1.29 is 14.3 Å². The molecule has 0 unspecified atom stereocenters. The summed E-state index contributed by atoms with van der Waals surface area (Å²) >= 11 is 0. The number of rotatable bonds is 5. The number of aryl methyl sites for hydroxylation is 1. The van der Waals surface area contributed by atoms with Crippen LogP contribution in [0.25, 0.3) is 0 Å². The number of carbonyl (C=O) groups is 1. The molecule has 0 aromatic heterocycles. The molecule has 0 spiro atoms. The summed E-state index contributed by atoms with van der Waals surface area (Å²) in [7, 11) is 0. The Morgan fingerprint density at radius 1 is 1.15 bits per heavy atom. The van der Waals surface area contributed by atoms with Gasteiger partial charge in [0.15, 0.2) is 11.5 Å². The Balaban J connectivity index is 3.08. The number of amides is 1. The molecule has 1 amide bonds. The summed E-state index contributed by atoms with van der Waals surface area (Å²) in [6, 6.07) is 3.71. The predicted octanol–water partition coefficient (Wildman–Crippen LogP) is 3.78. The lowest BCUT2D eigenvalue weighted by Crippen LogP contribution is -2.27. The molecule has 0 saturated carbocycles. The van der Waals surface area contributed by atoms with Crippen molar-refractivity contribution >= 4 is 11.6 Å². The molecular weight excluding hydrogens is 254 g/mol. The van der Waals surface area contributed by atoms with Gasteiger partial charge in [-0.25, -0.2) is 0 Å². The SMILES string of the molecule is CCOc1cc(NC(=O)C(C)(C)C)cc(C)c1OCC. The van der Waals surface area contributed by atoms with E-state index in [1.807, 2.05) is 53.7 Å². The molecule has 20 heavy (non-hydrogen) atoms. The lowest BCUT2D eigenvalue weighted by Gasteiger charge is -2.20. The van der Waals surface area contributed by atoms with Crippen molar-refractivity contribution in [3.63, 3.8) is 0 Å². The molecule has 1 aromatic rings. The fourth-order valence-corrected chi connectivity index (χ4v) is 1.72. The minimum Gasteiger partial charge on any atom is -0.490 e. The zero-order valence-corrected chi connectivity index (χ0v) is 13.3. The summed E-state index contributed by atoms with van der Waals surface area (Å²) < 4.78 is 11.2. The number of carbonyl (C=O) groups excluding carboxylic acids is 1. The molecule has 4 nitrogen and oxygen atoms in total. The standard InChI is InChI=1S/C16H25NO3/c1-7-19-13-10-12(17-15(18)16(4,5)6)9-11(3)14(13)20-8-2/h9-10H,7-8H2,1-6H3,(H,17,18). The van der Waals surface area contributed by atoms with E-state index >= 15 is 0 Å². The topological polar surface area (TPSA) is 47.6 Å². The number of nitrogens with one attached hydrogen (secondary N) is 1. The van der Waals surface area contributed by atoms with Gasteiger partial charge in [-0.15, -0.1) is 0 Å². The highest BCUT2D eigenvalue weighted by atomic mass is 16.5. The summed E-state index contributed by atoms with van der Waals surface area (Å²) in [6.45, 7) is 12.6. The van der Waals surface area contributed by atoms with E-state index in [1.54, 1.807) is 0 Å². The van der Waals surface area contributed by atoms with Gasteiger partial charge in [0.1, 0.15) is 0 Å². The Labute approximate surface area is 121 Å². The summed E-state index contributed by atoms with van der Waals surface area (Å²) in [4.78, 5) is 12.0. The Morgan fingerprint density at radius 2 is 1.75 bits per heavy atom. The highest BCUT2D eigenvalue weighted by Gasteiger charge is 2.22. The van der Waals surface area contributed by atoms with Crippen LogP contribution in [0.5, 0.6) is 11.5 Å². The van der Waals surface area contributed by atoms with Gasteiger partial charge in [-0.05, 0) is 32.4 Å². The van der Waals surface area contributed by atoms with Crippen molar-refractivity contribution in [3.05, 3.63) is 17.7 Å². The van der Waals surface area contributed by atoms with Crippen LogP contribution in [-0.2, 0) is 4.79 Å². The first-order chi connectivity index (χ1) is 9.29. The van der Waals surface area contributed by atoms with Crippen LogP contribution in [0.2, 0.25) is 0 Å². The minimum absolute atomic E-state index is 0.0245. The Hall–Kier alpha value is -1.71. The molecule has 0 atom stereocenters. The second kappa shape index (κ2) is 6.64. The van der Waals surface area contributed by atoms with E-state index in [0.29, 0.717) is 19.0 Å². The molecule has 1 aromatic carbocycles. The highest BCUT2D eigenvalue weighted by molar-refractivity contribution is 5.94. The average molecular weight is 279 g/mol. The van der Waals surface area contributed by atoms with Gasteiger partial charge in [0, 0.05) is 17.2 Å². The van der Waals surface area contributed by atoms with Crippen LogP contribution < -0.4 is 14.8 Å². The monoisotopic (exact) mass is 279 g/mol. The first kappa shape index (κ1) is 16.3. The molecule has 0 aliphatic heterocycles. The molecule has 0 saturated heterocycles. The van der Waals surface area contributed by atoms with E-state index in [0.717, 1.165) is 17.0 Å². The van der Waals surface area contributed by atoms with Crippen molar-refractivity contribution in [1.29, 1.82) is 0 Å². The van der Waals surface area contributed by atoms with Crippen LogP contribution in [0.4, 0.5) is 5.69 Å². The van der Waals surface area contributed by atoms with Crippen molar-refractivity contribution in [2.45, 2.75) is 41.5 Å². The van der Waals surface area contributed by atoms with Crippen LogP contribution in [0, 0.1) is 12.3 Å². The van der Waals surface area contributed by atoms with E-state index in [-0.39, 0.29) is 5.91 Å². The van der Waals surface area contributed by atoms with Crippen molar-refractivity contribution in [2.24, 2.45) is 5.41 Å². The molecule has 0 fully saturated rings. The maximum Gasteiger partial charge on any atom is 0.229 e. The molecular formula is C16H25NO3. The van der Waals surface area contributed by atoms with Gasteiger partial charge in [-0.1, -0.05) is 20.8 Å². The van der Waals surface area contributed by atoms with E-state index in [1.165, 1.54) is 0 Å². The first-order valence-corrected chi connectivity index (χ1v) is 7.01. The molecule has 0 radical (unpaired) electrons. The quantitative estimate of drug-likeness (QED) is 0.892. The lowest BCUT2D eigenvalue weighted by atomic mass is 9.95. The third-order valence-electron chi connectivity index (χ3n) is 2.77. The Bertz CT molecular complexity index is 475. The molecule has 1 rings (SSSR count). The van der Waals surface area contributed by atoms with Gasteiger partial charge in [-0.3, -0.25) is 4.79 Å². The minimum atomic E-state index is -0.432. The first-order valence-electron chi connectivity index (χ1n) is 7.01. The van der Waals surface area contributed by atoms with Crippen LogP contribution in [0.3, 0.4) is 0 Å². The molecule has 1 N–H and O–H groups in total. The number of hydrogen-bond donors (Lipinski definition) is 1. The summed E-state index contributed by atoms with van der Waals surface area (Å²) in [5.41, 5.74) is 1.24. The summed E-state index contributed by atoms with van der Waals surface area (Å²) in [6.07, 6.45) is 0. The van der Waals surface area contributed by atoms with Crippen LogP contribution in [0.1, 0.15) is 40.2 Å². The van der Waals surface area contributed by atoms with Crippen LogP contribution in [-0.4, -0.2) is 19.1 Å². The van der Waals surface area contributed by atoms with Gasteiger partial charge in [0.2, 0.25) is 5.91 Å². The van der Waals surface area contributed by atoms with Gasteiger partial charge in [0.05, 0.1) is 13.2 Å². The largest absolute Gasteiger partial charge is 0.490 e. The van der Waals surface area contributed by atoms with E-state index in [2.05, 4.69) is 5.32 Å². The Morgan fingerprint density at radius 3 is 2.25 bits per heavy atom. The molecule has 0 heterocycles. The molecule has 0 aliphatic rings. The van der Waals surface area contributed by atoms with Crippen molar-refractivity contribution in [2.75, 3.05) is 18.5 Å². The summed E-state index contributed by atoms with van der Waals surface area (Å²) in [5.74, 6) is 1.38. The number of benzene rings is 1. The smallest absolute Gasteiger partial charge is 0.229 e. The molecule has 4 heteroatoms. The zero-order chi connectivity index (χ0) is 15.3. The maximum atomic E-state index is 12.0. The molecule has 0 bridgehead atoms.